The minimum absolute atomic E-state index is 0.0380. The molecule has 1 heterocycles. The summed E-state index contributed by atoms with van der Waals surface area (Å²) in [5.74, 6) is -5.96. The maximum atomic E-state index is 13.1. The predicted octanol–water partition coefficient (Wildman–Crippen LogP) is -1.32. The number of hydrogen-bond acceptors (Lipinski definition) is 8. The van der Waals surface area contributed by atoms with Crippen molar-refractivity contribution in [3.8, 4) is 0 Å². The first-order valence-electron chi connectivity index (χ1n) is 11.9. The smallest absolute Gasteiger partial charge is 0.326 e. The maximum Gasteiger partial charge on any atom is 0.326 e. The predicted molar refractivity (Wildman–Crippen MR) is 142 cm³/mol. The fourth-order valence-electron chi connectivity index (χ4n) is 3.74. The van der Waals surface area contributed by atoms with Crippen LogP contribution >= 0.6 is 11.8 Å². The standard InChI is InChI=1S/C24H32N6O8S/c1-39-7-6-16(28-23(36)17(10-20(32)33)29-21(34)14(25)9-19(26)31)22(35)30-18(24(37)38)8-12-11-27-15-5-3-2-4-13(12)15/h2-5,11,14,16-18,27H,6-10,25H2,1H3,(H2,26,31)(H,28,36)(H,29,34)(H,30,35)(H,32,33)(H,37,38). The molecular formula is C24H32N6O8S. The molecule has 0 saturated carbocycles. The number of carbonyl (C=O) groups is 6. The van der Waals surface area contributed by atoms with E-state index in [2.05, 4.69) is 20.9 Å². The van der Waals surface area contributed by atoms with Crippen molar-refractivity contribution in [1.29, 1.82) is 0 Å². The highest BCUT2D eigenvalue weighted by atomic mass is 32.2. The number of carbonyl (C=O) groups excluding carboxylic acids is 4. The molecule has 4 atom stereocenters. The number of H-pyrrole nitrogens is 1. The van der Waals surface area contributed by atoms with E-state index in [1.165, 1.54) is 11.8 Å². The molecule has 2 rings (SSSR count). The Morgan fingerprint density at radius 3 is 2.15 bits per heavy atom. The Balaban J connectivity index is 2.17. The van der Waals surface area contributed by atoms with E-state index in [9.17, 15) is 39.0 Å². The second-order valence-corrected chi connectivity index (χ2v) is 9.73. The van der Waals surface area contributed by atoms with Crippen LogP contribution in [-0.2, 0) is 35.2 Å². The molecule has 14 nitrogen and oxygen atoms in total. The molecule has 0 fully saturated rings. The van der Waals surface area contributed by atoms with E-state index in [1.807, 2.05) is 18.2 Å². The number of nitrogens with one attached hydrogen (secondary N) is 4. The maximum absolute atomic E-state index is 13.1. The number of benzene rings is 1. The molecule has 1 aromatic carbocycles. The van der Waals surface area contributed by atoms with E-state index in [1.54, 1.807) is 18.5 Å². The number of amides is 4. The first-order valence-corrected chi connectivity index (χ1v) is 13.3. The fraction of sp³-hybridized carbons (Fsp3) is 0.417. The van der Waals surface area contributed by atoms with Crippen LogP contribution in [0.3, 0.4) is 0 Å². The third-order valence-electron chi connectivity index (χ3n) is 5.73. The Kier molecular flexibility index (Phi) is 11.7. The summed E-state index contributed by atoms with van der Waals surface area (Å²) >= 11 is 1.37. The SMILES string of the molecule is CSCCC(NC(=O)C(CC(=O)O)NC(=O)C(N)CC(N)=O)C(=O)NC(Cc1c[nH]c2ccccc12)C(=O)O. The average Bonchev–Trinajstić information content (AvgIpc) is 3.27. The zero-order valence-corrected chi connectivity index (χ0v) is 22.0. The number of carboxylic acid groups (broad SMARTS) is 2. The number of primary amides is 1. The number of aromatic amines is 1. The van der Waals surface area contributed by atoms with Crippen molar-refractivity contribution in [1.82, 2.24) is 20.9 Å². The van der Waals surface area contributed by atoms with Gasteiger partial charge in [-0.3, -0.25) is 24.0 Å². The van der Waals surface area contributed by atoms with Gasteiger partial charge in [0.25, 0.3) is 0 Å². The molecule has 0 aliphatic heterocycles. The number of nitrogens with two attached hydrogens (primary N) is 2. The second kappa shape index (κ2) is 14.7. The minimum Gasteiger partial charge on any atom is -0.481 e. The Morgan fingerprint density at radius 2 is 1.54 bits per heavy atom. The van der Waals surface area contributed by atoms with Crippen LogP contribution in [0.4, 0.5) is 0 Å². The van der Waals surface area contributed by atoms with Crippen LogP contribution in [0.1, 0.15) is 24.8 Å². The van der Waals surface area contributed by atoms with Gasteiger partial charge in [-0.05, 0) is 30.1 Å². The zero-order chi connectivity index (χ0) is 29.1. The monoisotopic (exact) mass is 564 g/mol. The molecule has 0 saturated heterocycles. The van der Waals surface area contributed by atoms with Crippen molar-refractivity contribution < 1.29 is 39.0 Å². The Bertz CT molecular complexity index is 1220. The summed E-state index contributed by atoms with van der Waals surface area (Å²) < 4.78 is 0. The van der Waals surface area contributed by atoms with Gasteiger partial charge in [-0.25, -0.2) is 4.79 Å². The van der Waals surface area contributed by atoms with Gasteiger partial charge in [0.2, 0.25) is 23.6 Å². The average molecular weight is 565 g/mol. The van der Waals surface area contributed by atoms with Crippen molar-refractivity contribution in [2.24, 2.45) is 11.5 Å². The molecule has 4 unspecified atom stereocenters. The van der Waals surface area contributed by atoms with Gasteiger partial charge in [0.05, 0.1) is 18.9 Å². The highest BCUT2D eigenvalue weighted by Crippen LogP contribution is 2.19. The van der Waals surface area contributed by atoms with Crippen molar-refractivity contribution in [3.05, 3.63) is 36.0 Å². The highest BCUT2D eigenvalue weighted by Gasteiger charge is 2.31. The van der Waals surface area contributed by atoms with E-state index >= 15 is 0 Å². The third kappa shape index (κ3) is 9.61. The van der Waals surface area contributed by atoms with E-state index in [-0.39, 0.29) is 12.8 Å². The van der Waals surface area contributed by atoms with Gasteiger partial charge in [-0.15, -0.1) is 0 Å². The zero-order valence-electron chi connectivity index (χ0n) is 21.1. The van der Waals surface area contributed by atoms with E-state index in [0.29, 0.717) is 11.3 Å². The number of rotatable bonds is 16. The Labute approximate surface area is 227 Å². The van der Waals surface area contributed by atoms with Crippen LogP contribution in [0.15, 0.2) is 30.5 Å². The summed E-state index contributed by atoms with van der Waals surface area (Å²) in [5, 5.41) is 26.8. The van der Waals surface area contributed by atoms with Gasteiger partial charge < -0.3 is 42.6 Å². The molecule has 1 aromatic heterocycles. The topological polar surface area (TPSA) is 247 Å². The number of fused-ring (bicyclic) bond motifs is 1. The van der Waals surface area contributed by atoms with Gasteiger partial charge in [0.1, 0.15) is 18.1 Å². The molecule has 2 aromatic rings. The normalized spacial score (nSPS) is 14.0. The highest BCUT2D eigenvalue weighted by molar-refractivity contribution is 7.98. The van der Waals surface area contributed by atoms with Crippen molar-refractivity contribution in [2.75, 3.05) is 12.0 Å². The van der Waals surface area contributed by atoms with Crippen molar-refractivity contribution in [2.45, 2.75) is 49.9 Å². The molecule has 0 spiro atoms. The molecule has 212 valence electrons. The van der Waals surface area contributed by atoms with Crippen LogP contribution in [0.5, 0.6) is 0 Å². The number of hydrogen-bond donors (Lipinski definition) is 8. The van der Waals surface area contributed by atoms with Crippen molar-refractivity contribution in [3.63, 3.8) is 0 Å². The lowest BCUT2D eigenvalue weighted by Crippen LogP contribution is -2.58. The van der Waals surface area contributed by atoms with Gasteiger partial charge in [-0.1, -0.05) is 18.2 Å². The first-order chi connectivity index (χ1) is 18.4. The lowest BCUT2D eigenvalue weighted by Gasteiger charge is -2.24. The third-order valence-corrected chi connectivity index (χ3v) is 6.37. The molecule has 0 radical (unpaired) electrons. The molecule has 0 aliphatic carbocycles. The second-order valence-electron chi connectivity index (χ2n) is 8.74. The number of thioether (sulfide) groups is 1. The van der Waals surface area contributed by atoms with E-state index in [4.69, 9.17) is 11.5 Å². The largest absolute Gasteiger partial charge is 0.481 e. The molecule has 10 N–H and O–H groups in total. The van der Waals surface area contributed by atoms with Crippen molar-refractivity contribution >= 4 is 58.2 Å². The lowest BCUT2D eigenvalue weighted by atomic mass is 10.0. The summed E-state index contributed by atoms with van der Waals surface area (Å²) in [6, 6.07) is 1.67. The quantitative estimate of drug-likeness (QED) is 0.119. The summed E-state index contributed by atoms with van der Waals surface area (Å²) in [6.07, 6.45) is 2.11. The van der Waals surface area contributed by atoms with Gasteiger partial charge in [0, 0.05) is 23.5 Å². The molecule has 4 amide bonds. The number of carboxylic acids is 2. The number of para-hydroxylation sites is 1. The van der Waals surface area contributed by atoms with E-state index < -0.39 is 72.6 Å². The van der Waals surface area contributed by atoms with Gasteiger partial charge in [-0.2, -0.15) is 11.8 Å². The fourth-order valence-corrected chi connectivity index (χ4v) is 4.21. The summed E-state index contributed by atoms with van der Waals surface area (Å²) in [7, 11) is 0. The summed E-state index contributed by atoms with van der Waals surface area (Å²) in [4.78, 5) is 75.7. The first kappa shape index (κ1) is 31.1. The lowest BCUT2D eigenvalue weighted by molar-refractivity contribution is -0.143. The Morgan fingerprint density at radius 1 is 0.923 bits per heavy atom. The Hall–Kier alpha value is -4.11. The van der Waals surface area contributed by atoms with E-state index in [0.717, 1.165) is 10.9 Å². The van der Waals surface area contributed by atoms with Crippen LogP contribution < -0.4 is 27.4 Å². The number of aliphatic carboxylic acids is 2. The molecule has 15 heteroatoms. The number of aromatic nitrogens is 1. The summed E-state index contributed by atoms with van der Waals surface area (Å²) in [6.45, 7) is 0. The molecule has 0 aliphatic rings. The summed E-state index contributed by atoms with van der Waals surface area (Å²) in [5.41, 5.74) is 12.1. The molecular weight excluding hydrogens is 532 g/mol. The van der Waals surface area contributed by atoms with Crippen LogP contribution in [-0.4, -0.2) is 86.9 Å². The van der Waals surface area contributed by atoms with Gasteiger partial charge >= 0.3 is 11.9 Å². The van der Waals surface area contributed by atoms with Crippen LogP contribution in [0.2, 0.25) is 0 Å². The molecule has 0 bridgehead atoms. The van der Waals surface area contributed by atoms with Crippen LogP contribution in [0, 0.1) is 0 Å². The van der Waals surface area contributed by atoms with Crippen LogP contribution in [0.25, 0.3) is 10.9 Å². The minimum atomic E-state index is -1.63. The van der Waals surface area contributed by atoms with Gasteiger partial charge in [0.15, 0.2) is 0 Å². The molecule has 39 heavy (non-hydrogen) atoms.